The van der Waals surface area contributed by atoms with Gasteiger partial charge in [-0.1, -0.05) is 19.4 Å². The molecule has 1 rings (SSSR count). The smallest absolute Gasteiger partial charge is 0.340 e. The van der Waals surface area contributed by atoms with E-state index in [0.29, 0.717) is 23.9 Å². The molecule has 19 heavy (non-hydrogen) atoms. The number of esters is 1. The van der Waals surface area contributed by atoms with Gasteiger partial charge in [-0.15, -0.1) is 0 Å². The quantitative estimate of drug-likeness (QED) is 0.633. The van der Waals surface area contributed by atoms with Gasteiger partial charge in [-0.05, 0) is 32.4 Å². The molecule has 0 aliphatic heterocycles. The zero-order valence-electron chi connectivity index (χ0n) is 12.3. The summed E-state index contributed by atoms with van der Waals surface area (Å²) >= 11 is 0. The molecule has 0 radical (unpaired) electrons. The topological polar surface area (TPSA) is 55.6 Å². The standard InChI is InChI=1S/C15H24N2O2/c1-5-8-11(3)17(4)13-10-7-9-12(14(13)16)15(18)19-6-2/h7,9-11H,5-6,8,16H2,1-4H3. The predicted octanol–water partition coefficient (Wildman–Crippen LogP) is 3.07. The minimum absolute atomic E-state index is 0.352. The average Bonchev–Trinajstić information content (AvgIpc) is 2.38. The number of carbonyl (C=O) groups excluding carboxylic acids is 1. The second-order valence-electron chi connectivity index (χ2n) is 4.71. The van der Waals surface area contributed by atoms with Crippen LogP contribution in [-0.4, -0.2) is 25.7 Å². The van der Waals surface area contributed by atoms with Crippen molar-refractivity contribution in [1.82, 2.24) is 0 Å². The van der Waals surface area contributed by atoms with E-state index >= 15 is 0 Å². The van der Waals surface area contributed by atoms with Gasteiger partial charge >= 0.3 is 5.97 Å². The molecule has 0 amide bonds. The summed E-state index contributed by atoms with van der Waals surface area (Å²) in [6.45, 7) is 6.45. The fourth-order valence-electron chi connectivity index (χ4n) is 2.10. The molecule has 1 aromatic carbocycles. The normalized spacial score (nSPS) is 12.0. The van der Waals surface area contributed by atoms with Gasteiger partial charge in [-0.25, -0.2) is 4.79 Å². The Labute approximate surface area is 115 Å². The van der Waals surface area contributed by atoms with Crippen molar-refractivity contribution in [2.75, 3.05) is 24.3 Å². The van der Waals surface area contributed by atoms with Crippen LogP contribution in [0.4, 0.5) is 11.4 Å². The molecule has 0 saturated carbocycles. The van der Waals surface area contributed by atoms with E-state index in [9.17, 15) is 4.79 Å². The third-order valence-electron chi connectivity index (χ3n) is 3.33. The Morgan fingerprint density at radius 1 is 1.42 bits per heavy atom. The van der Waals surface area contributed by atoms with Gasteiger partial charge in [-0.2, -0.15) is 0 Å². The van der Waals surface area contributed by atoms with Crippen LogP contribution in [0.3, 0.4) is 0 Å². The van der Waals surface area contributed by atoms with Gasteiger partial charge in [0, 0.05) is 13.1 Å². The van der Waals surface area contributed by atoms with Crippen molar-refractivity contribution in [2.45, 2.75) is 39.7 Å². The summed E-state index contributed by atoms with van der Waals surface area (Å²) in [5.74, 6) is -0.363. The number of hydrogen-bond acceptors (Lipinski definition) is 4. The summed E-state index contributed by atoms with van der Waals surface area (Å²) < 4.78 is 5.01. The Balaban J connectivity index is 3.03. The van der Waals surface area contributed by atoms with E-state index in [0.717, 1.165) is 18.5 Å². The summed E-state index contributed by atoms with van der Waals surface area (Å²) in [5.41, 5.74) is 7.92. The van der Waals surface area contributed by atoms with Crippen LogP contribution in [-0.2, 0) is 4.74 Å². The SMILES string of the molecule is CCCC(C)N(C)c1cccc(C(=O)OCC)c1N. The Morgan fingerprint density at radius 3 is 2.68 bits per heavy atom. The van der Waals surface area contributed by atoms with Gasteiger partial charge < -0.3 is 15.4 Å². The number of benzene rings is 1. The first-order valence-corrected chi connectivity index (χ1v) is 6.81. The molecular formula is C15H24N2O2. The van der Waals surface area contributed by atoms with Crippen LogP contribution in [0.5, 0.6) is 0 Å². The third-order valence-corrected chi connectivity index (χ3v) is 3.33. The molecule has 1 unspecified atom stereocenters. The lowest BCUT2D eigenvalue weighted by molar-refractivity contribution is 0.0527. The van der Waals surface area contributed by atoms with Crippen LogP contribution in [0.15, 0.2) is 18.2 Å². The van der Waals surface area contributed by atoms with Gasteiger partial charge in [0.15, 0.2) is 0 Å². The number of hydrogen-bond donors (Lipinski definition) is 1. The molecule has 0 aliphatic rings. The fraction of sp³-hybridized carbons (Fsp3) is 0.533. The maximum atomic E-state index is 11.8. The highest BCUT2D eigenvalue weighted by molar-refractivity contribution is 5.98. The number of nitrogens with two attached hydrogens (primary N) is 1. The molecular weight excluding hydrogens is 240 g/mol. The van der Waals surface area contributed by atoms with Gasteiger partial charge in [0.2, 0.25) is 0 Å². The first kappa shape index (κ1) is 15.3. The second-order valence-corrected chi connectivity index (χ2v) is 4.71. The van der Waals surface area contributed by atoms with Gasteiger partial charge in [0.05, 0.1) is 23.5 Å². The van der Waals surface area contributed by atoms with Crippen LogP contribution in [0, 0.1) is 0 Å². The summed E-state index contributed by atoms with van der Waals surface area (Å²) in [7, 11) is 2.00. The van der Waals surface area contributed by atoms with Gasteiger partial charge in [0.25, 0.3) is 0 Å². The predicted molar refractivity (Wildman–Crippen MR) is 79.6 cm³/mol. The van der Waals surface area contributed by atoms with Crippen LogP contribution in [0.2, 0.25) is 0 Å². The first-order chi connectivity index (χ1) is 9.02. The van der Waals surface area contributed by atoms with E-state index < -0.39 is 0 Å². The Bertz CT molecular complexity index is 432. The summed E-state index contributed by atoms with van der Waals surface area (Å²) in [5, 5.41) is 0. The monoisotopic (exact) mass is 264 g/mol. The molecule has 106 valence electrons. The van der Waals surface area contributed by atoms with Crippen molar-refractivity contribution in [3.8, 4) is 0 Å². The van der Waals surface area contributed by atoms with E-state index in [4.69, 9.17) is 10.5 Å². The number of carbonyl (C=O) groups is 1. The zero-order chi connectivity index (χ0) is 14.4. The van der Waals surface area contributed by atoms with Gasteiger partial charge in [0.1, 0.15) is 0 Å². The molecule has 2 N–H and O–H groups in total. The summed E-state index contributed by atoms with van der Waals surface area (Å²) in [4.78, 5) is 13.9. The van der Waals surface area contributed by atoms with Crippen molar-refractivity contribution < 1.29 is 9.53 Å². The molecule has 1 atom stereocenters. The minimum Gasteiger partial charge on any atom is -0.462 e. The lowest BCUT2D eigenvalue weighted by Gasteiger charge is -2.28. The number of para-hydroxylation sites is 1. The minimum atomic E-state index is -0.363. The average molecular weight is 264 g/mol. The highest BCUT2D eigenvalue weighted by atomic mass is 16.5. The second kappa shape index (κ2) is 7.02. The molecule has 0 spiro atoms. The van der Waals surface area contributed by atoms with E-state index in [1.54, 1.807) is 13.0 Å². The van der Waals surface area contributed by atoms with Crippen LogP contribution < -0.4 is 10.6 Å². The van der Waals surface area contributed by atoms with Crippen molar-refractivity contribution in [1.29, 1.82) is 0 Å². The molecule has 0 bridgehead atoms. The van der Waals surface area contributed by atoms with Crippen LogP contribution in [0.1, 0.15) is 44.0 Å². The largest absolute Gasteiger partial charge is 0.462 e. The Hall–Kier alpha value is -1.71. The van der Waals surface area contributed by atoms with Crippen LogP contribution >= 0.6 is 0 Å². The number of nitrogen functional groups attached to an aromatic ring is 1. The molecule has 0 fully saturated rings. The van der Waals surface area contributed by atoms with Crippen molar-refractivity contribution in [3.63, 3.8) is 0 Å². The van der Waals surface area contributed by atoms with Gasteiger partial charge in [-0.3, -0.25) is 0 Å². The lowest BCUT2D eigenvalue weighted by atomic mass is 10.1. The molecule has 4 heteroatoms. The highest BCUT2D eigenvalue weighted by Crippen LogP contribution is 2.28. The fourth-order valence-corrected chi connectivity index (χ4v) is 2.10. The Morgan fingerprint density at radius 2 is 2.11 bits per heavy atom. The molecule has 1 aromatic rings. The number of ether oxygens (including phenoxy) is 1. The summed E-state index contributed by atoms with van der Waals surface area (Å²) in [6, 6.07) is 5.86. The van der Waals surface area contributed by atoms with E-state index in [2.05, 4.69) is 18.7 Å². The summed E-state index contributed by atoms with van der Waals surface area (Å²) in [6.07, 6.45) is 2.20. The molecule has 0 saturated heterocycles. The third kappa shape index (κ3) is 3.63. The maximum Gasteiger partial charge on any atom is 0.340 e. The zero-order valence-corrected chi connectivity index (χ0v) is 12.3. The Kier molecular flexibility index (Phi) is 5.67. The number of rotatable bonds is 6. The van der Waals surface area contributed by atoms with Crippen LogP contribution in [0.25, 0.3) is 0 Å². The molecule has 0 heterocycles. The number of nitrogens with zero attached hydrogens (tertiary/aromatic N) is 1. The lowest BCUT2D eigenvalue weighted by Crippen LogP contribution is -2.29. The van der Waals surface area contributed by atoms with Crippen molar-refractivity contribution >= 4 is 17.3 Å². The number of anilines is 2. The molecule has 4 nitrogen and oxygen atoms in total. The van der Waals surface area contributed by atoms with E-state index in [1.807, 2.05) is 19.2 Å². The van der Waals surface area contributed by atoms with Crippen molar-refractivity contribution in [2.24, 2.45) is 0 Å². The van der Waals surface area contributed by atoms with E-state index in [1.165, 1.54) is 0 Å². The maximum absolute atomic E-state index is 11.8. The first-order valence-electron chi connectivity index (χ1n) is 6.81. The highest BCUT2D eigenvalue weighted by Gasteiger charge is 2.17. The van der Waals surface area contributed by atoms with Crippen molar-refractivity contribution in [3.05, 3.63) is 23.8 Å². The molecule has 0 aliphatic carbocycles. The molecule has 0 aromatic heterocycles. The van der Waals surface area contributed by atoms with E-state index in [-0.39, 0.29) is 5.97 Å².